The Balaban J connectivity index is 2.52. The molecule has 0 saturated carbocycles. The van der Waals surface area contributed by atoms with Gasteiger partial charge in [0.05, 0.1) is 25.4 Å². The smallest absolute Gasteiger partial charge is 0.237 e. The zero-order valence-corrected chi connectivity index (χ0v) is 12.3. The Morgan fingerprint density at radius 3 is 2.74 bits per heavy atom. The van der Waals surface area contributed by atoms with Gasteiger partial charge in [-0.25, -0.2) is 0 Å². The van der Waals surface area contributed by atoms with Crippen molar-refractivity contribution in [2.24, 2.45) is 0 Å². The highest BCUT2D eigenvalue weighted by Crippen LogP contribution is 2.11. The number of morpholine rings is 1. The van der Waals surface area contributed by atoms with Crippen molar-refractivity contribution in [3.05, 3.63) is 12.2 Å². The third-order valence-corrected chi connectivity index (χ3v) is 3.16. The number of carbonyl (C=O) groups excluding carboxylic acids is 1. The van der Waals surface area contributed by atoms with Crippen molar-refractivity contribution in [3.8, 4) is 0 Å². The summed E-state index contributed by atoms with van der Waals surface area (Å²) < 4.78 is 5.57. The molecule has 1 N–H and O–H groups in total. The van der Waals surface area contributed by atoms with Gasteiger partial charge >= 0.3 is 0 Å². The van der Waals surface area contributed by atoms with Gasteiger partial charge in [-0.1, -0.05) is 12.2 Å². The SMILES string of the molecule is C=C(C)CN(CC)C(=O)CN1CC(C)OC(CO)C1. The molecule has 0 aromatic heterocycles. The van der Waals surface area contributed by atoms with Crippen molar-refractivity contribution in [2.75, 3.05) is 39.3 Å². The molecule has 110 valence electrons. The van der Waals surface area contributed by atoms with Gasteiger partial charge in [0.1, 0.15) is 0 Å². The first-order chi connectivity index (χ1) is 8.96. The van der Waals surface area contributed by atoms with E-state index < -0.39 is 0 Å². The molecule has 1 saturated heterocycles. The second-order valence-corrected chi connectivity index (χ2v) is 5.31. The summed E-state index contributed by atoms with van der Waals surface area (Å²) in [5.74, 6) is 0.108. The number of hydrogen-bond acceptors (Lipinski definition) is 4. The monoisotopic (exact) mass is 270 g/mol. The molecule has 2 unspecified atom stereocenters. The van der Waals surface area contributed by atoms with Gasteiger partial charge in [-0.3, -0.25) is 9.69 Å². The normalized spacial score (nSPS) is 24.2. The van der Waals surface area contributed by atoms with Gasteiger partial charge in [-0.15, -0.1) is 0 Å². The molecule has 0 aromatic carbocycles. The van der Waals surface area contributed by atoms with Crippen molar-refractivity contribution in [1.29, 1.82) is 0 Å². The van der Waals surface area contributed by atoms with Crippen molar-refractivity contribution in [3.63, 3.8) is 0 Å². The summed E-state index contributed by atoms with van der Waals surface area (Å²) in [4.78, 5) is 16.1. The molecule has 1 fully saturated rings. The first-order valence-corrected chi connectivity index (χ1v) is 6.87. The Morgan fingerprint density at radius 2 is 2.21 bits per heavy atom. The van der Waals surface area contributed by atoms with E-state index in [1.165, 1.54) is 0 Å². The molecule has 1 aliphatic heterocycles. The quantitative estimate of drug-likeness (QED) is 0.714. The zero-order chi connectivity index (χ0) is 14.4. The predicted molar refractivity (Wildman–Crippen MR) is 74.9 cm³/mol. The first-order valence-electron chi connectivity index (χ1n) is 6.87. The predicted octanol–water partition coefficient (Wildman–Crippen LogP) is 0.493. The maximum absolute atomic E-state index is 12.2. The van der Waals surface area contributed by atoms with Gasteiger partial charge in [-0.05, 0) is 20.8 Å². The largest absolute Gasteiger partial charge is 0.394 e. The summed E-state index contributed by atoms with van der Waals surface area (Å²) in [6, 6.07) is 0. The van der Waals surface area contributed by atoms with Crippen molar-refractivity contribution in [2.45, 2.75) is 33.0 Å². The van der Waals surface area contributed by atoms with E-state index in [-0.39, 0.29) is 24.7 Å². The van der Waals surface area contributed by atoms with Crippen LogP contribution < -0.4 is 0 Å². The van der Waals surface area contributed by atoms with Crippen LogP contribution in [-0.2, 0) is 9.53 Å². The highest BCUT2D eigenvalue weighted by Gasteiger charge is 2.27. The second-order valence-electron chi connectivity index (χ2n) is 5.31. The van der Waals surface area contributed by atoms with E-state index in [9.17, 15) is 9.90 Å². The third kappa shape index (κ3) is 5.30. The highest BCUT2D eigenvalue weighted by molar-refractivity contribution is 5.78. The molecule has 5 heteroatoms. The molecule has 0 spiro atoms. The van der Waals surface area contributed by atoms with Gasteiger partial charge in [0.15, 0.2) is 0 Å². The lowest BCUT2D eigenvalue weighted by Crippen LogP contribution is -2.51. The lowest BCUT2D eigenvalue weighted by Gasteiger charge is -2.36. The minimum absolute atomic E-state index is 0.00170. The molecule has 0 aromatic rings. The first kappa shape index (κ1) is 16.1. The van der Waals surface area contributed by atoms with Crippen LogP contribution in [0.4, 0.5) is 0 Å². The number of aliphatic hydroxyl groups is 1. The molecule has 5 nitrogen and oxygen atoms in total. The Morgan fingerprint density at radius 1 is 1.53 bits per heavy atom. The molecule has 1 rings (SSSR count). The zero-order valence-electron chi connectivity index (χ0n) is 12.3. The summed E-state index contributed by atoms with van der Waals surface area (Å²) >= 11 is 0. The van der Waals surface area contributed by atoms with Crippen LogP contribution in [0.15, 0.2) is 12.2 Å². The van der Waals surface area contributed by atoms with Gasteiger partial charge < -0.3 is 14.7 Å². The summed E-state index contributed by atoms with van der Waals surface area (Å²) in [6.45, 7) is 12.7. The van der Waals surface area contributed by atoms with E-state index >= 15 is 0 Å². The molecule has 2 atom stereocenters. The molecule has 0 radical (unpaired) electrons. The third-order valence-electron chi connectivity index (χ3n) is 3.16. The summed E-state index contributed by atoms with van der Waals surface area (Å²) in [7, 11) is 0. The fourth-order valence-corrected chi connectivity index (χ4v) is 2.36. The molecule has 19 heavy (non-hydrogen) atoms. The second kappa shape index (κ2) is 7.62. The minimum atomic E-state index is -0.187. The number of nitrogens with zero attached hydrogens (tertiary/aromatic N) is 2. The van der Waals surface area contributed by atoms with E-state index in [1.54, 1.807) is 4.90 Å². The minimum Gasteiger partial charge on any atom is -0.394 e. The van der Waals surface area contributed by atoms with E-state index in [2.05, 4.69) is 11.5 Å². The number of amides is 1. The number of carbonyl (C=O) groups is 1. The van der Waals surface area contributed by atoms with Gasteiger partial charge in [0.25, 0.3) is 0 Å². The number of aliphatic hydroxyl groups excluding tert-OH is 1. The van der Waals surface area contributed by atoms with Crippen LogP contribution in [0.2, 0.25) is 0 Å². The molecular formula is C14H26N2O3. The van der Waals surface area contributed by atoms with Crippen LogP contribution in [0, 0.1) is 0 Å². The van der Waals surface area contributed by atoms with Crippen LogP contribution >= 0.6 is 0 Å². The summed E-state index contributed by atoms with van der Waals surface area (Å²) in [6.07, 6.45) is -0.136. The summed E-state index contributed by atoms with van der Waals surface area (Å²) in [5, 5.41) is 9.18. The van der Waals surface area contributed by atoms with Crippen LogP contribution in [0.3, 0.4) is 0 Å². The number of rotatable bonds is 6. The van der Waals surface area contributed by atoms with Crippen LogP contribution in [-0.4, -0.2) is 72.4 Å². The highest BCUT2D eigenvalue weighted by atomic mass is 16.5. The Bertz CT molecular complexity index is 320. The molecule has 1 aliphatic rings. The molecule has 1 amide bonds. The van der Waals surface area contributed by atoms with E-state index in [4.69, 9.17) is 4.74 Å². The van der Waals surface area contributed by atoms with E-state index in [0.717, 1.165) is 12.1 Å². The van der Waals surface area contributed by atoms with Gasteiger partial charge in [0, 0.05) is 26.2 Å². The maximum Gasteiger partial charge on any atom is 0.237 e. The number of ether oxygens (including phenoxy) is 1. The van der Waals surface area contributed by atoms with Gasteiger partial charge in [0.2, 0.25) is 5.91 Å². The van der Waals surface area contributed by atoms with Crippen molar-refractivity contribution in [1.82, 2.24) is 9.80 Å². The van der Waals surface area contributed by atoms with Crippen molar-refractivity contribution >= 4 is 5.91 Å². The lowest BCUT2D eigenvalue weighted by molar-refractivity contribution is -0.137. The van der Waals surface area contributed by atoms with Crippen LogP contribution in [0.1, 0.15) is 20.8 Å². The fourth-order valence-electron chi connectivity index (χ4n) is 2.36. The molecule has 0 bridgehead atoms. The summed E-state index contributed by atoms with van der Waals surface area (Å²) in [5.41, 5.74) is 0.985. The van der Waals surface area contributed by atoms with Gasteiger partial charge in [-0.2, -0.15) is 0 Å². The average Bonchev–Trinajstić information content (AvgIpc) is 2.34. The molecule has 1 heterocycles. The van der Waals surface area contributed by atoms with E-state index in [1.807, 2.05) is 20.8 Å². The average molecular weight is 270 g/mol. The van der Waals surface area contributed by atoms with Crippen molar-refractivity contribution < 1.29 is 14.6 Å². The van der Waals surface area contributed by atoms with Crippen LogP contribution in [0.5, 0.6) is 0 Å². The lowest BCUT2D eigenvalue weighted by atomic mass is 10.2. The Labute approximate surface area is 115 Å². The Kier molecular flexibility index (Phi) is 6.48. The van der Waals surface area contributed by atoms with E-state index in [0.29, 0.717) is 26.2 Å². The Hall–Kier alpha value is -0.910. The molecular weight excluding hydrogens is 244 g/mol. The standard InChI is InChI=1S/C14H26N2O3/c1-5-16(6-11(2)3)14(18)9-15-7-12(4)19-13(8-15)10-17/h12-13,17H,2,5-10H2,1,3-4H3. The van der Waals surface area contributed by atoms with Crippen LogP contribution in [0.25, 0.3) is 0 Å². The fraction of sp³-hybridized carbons (Fsp3) is 0.786. The maximum atomic E-state index is 12.2. The molecule has 0 aliphatic carbocycles. The number of likely N-dealkylation sites (N-methyl/N-ethyl adjacent to an activating group) is 1. The number of hydrogen-bond donors (Lipinski definition) is 1. The topological polar surface area (TPSA) is 53.0 Å².